The average molecular weight is 344 g/mol. The lowest BCUT2D eigenvalue weighted by Crippen LogP contribution is -2.10. The third kappa shape index (κ3) is 4.31. The second kappa shape index (κ2) is 6.18. The van der Waals surface area contributed by atoms with E-state index in [9.17, 15) is 22.0 Å². The summed E-state index contributed by atoms with van der Waals surface area (Å²) in [7, 11) is 0. The maximum absolute atomic E-state index is 12.4. The van der Waals surface area contributed by atoms with E-state index in [0.717, 1.165) is 11.0 Å². The molecule has 0 N–H and O–H groups in total. The van der Waals surface area contributed by atoms with E-state index in [4.69, 9.17) is 11.6 Å². The molecule has 0 atom stereocenters. The van der Waals surface area contributed by atoms with Gasteiger partial charge in [-0.05, 0) is 18.2 Å². The van der Waals surface area contributed by atoms with Gasteiger partial charge in [0, 0.05) is 4.90 Å². The first-order chi connectivity index (χ1) is 9.76. The van der Waals surface area contributed by atoms with Gasteiger partial charge in [0.2, 0.25) is 5.82 Å². The second-order valence-electron chi connectivity index (χ2n) is 3.87. The average Bonchev–Trinajstić information content (AvgIpc) is 2.86. The monoisotopic (exact) mass is 343 g/mol. The first kappa shape index (κ1) is 16.0. The summed E-state index contributed by atoms with van der Waals surface area (Å²) in [6.07, 6.45) is -6.10. The summed E-state index contributed by atoms with van der Waals surface area (Å²) in [5.74, 6) is -1.76. The molecule has 1 aromatic heterocycles. The van der Waals surface area contributed by atoms with E-state index in [1.807, 2.05) is 0 Å². The Hall–Kier alpha value is -1.35. The minimum absolute atomic E-state index is 0.141. The van der Waals surface area contributed by atoms with Gasteiger partial charge in [0.1, 0.15) is 6.33 Å². The zero-order valence-electron chi connectivity index (χ0n) is 10.1. The molecular weight excluding hydrogens is 337 g/mol. The molecule has 0 aliphatic heterocycles. The summed E-state index contributed by atoms with van der Waals surface area (Å²) in [5.41, 5.74) is 0.295. The van der Waals surface area contributed by atoms with Crippen LogP contribution in [0.15, 0.2) is 29.4 Å². The van der Waals surface area contributed by atoms with E-state index in [-0.39, 0.29) is 9.92 Å². The van der Waals surface area contributed by atoms with Crippen LogP contribution in [0.3, 0.4) is 0 Å². The van der Waals surface area contributed by atoms with Gasteiger partial charge in [-0.25, -0.2) is 18.4 Å². The highest BCUT2D eigenvalue weighted by Crippen LogP contribution is 2.33. The van der Waals surface area contributed by atoms with Gasteiger partial charge in [-0.1, -0.05) is 11.6 Å². The Bertz CT molecular complexity index is 629. The summed E-state index contributed by atoms with van der Waals surface area (Å²) in [6, 6.07) is 4.16. The minimum atomic E-state index is -4.33. The van der Waals surface area contributed by atoms with Gasteiger partial charge in [-0.3, -0.25) is 0 Å². The number of alkyl halides is 5. The van der Waals surface area contributed by atoms with Gasteiger partial charge in [0.05, 0.1) is 16.5 Å². The van der Waals surface area contributed by atoms with Gasteiger partial charge in [0.25, 0.3) is 6.43 Å². The van der Waals surface area contributed by atoms with Crippen molar-refractivity contribution in [3.05, 3.63) is 35.4 Å². The highest BCUT2D eigenvalue weighted by atomic mass is 35.5. The van der Waals surface area contributed by atoms with Crippen molar-refractivity contribution < 1.29 is 22.0 Å². The SMILES string of the molecule is FC(F)c1ncn(-c2ccc(Cl)c(SCC(F)(F)F)c2)n1. The topological polar surface area (TPSA) is 30.7 Å². The molecule has 3 nitrogen and oxygen atoms in total. The second-order valence-corrected chi connectivity index (χ2v) is 5.29. The van der Waals surface area contributed by atoms with E-state index in [1.54, 1.807) is 0 Å². The molecule has 0 saturated carbocycles. The van der Waals surface area contributed by atoms with Gasteiger partial charge in [-0.2, -0.15) is 13.2 Å². The predicted octanol–water partition coefficient (Wildman–Crippen LogP) is 4.51. The minimum Gasteiger partial charge on any atom is -0.221 e. The van der Waals surface area contributed by atoms with Crippen molar-refractivity contribution in [3.8, 4) is 5.69 Å². The molecule has 0 radical (unpaired) electrons. The number of hydrogen-bond donors (Lipinski definition) is 0. The van der Waals surface area contributed by atoms with Gasteiger partial charge >= 0.3 is 6.18 Å². The molecule has 10 heteroatoms. The maximum Gasteiger partial charge on any atom is 0.398 e. The molecule has 114 valence electrons. The van der Waals surface area contributed by atoms with Crippen LogP contribution in [0.1, 0.15) is 12.2 Å². The van der Waals surface area contributed by atoms with Crippen molar-refractivity contribution in [1.82, 2.24) is 14.8 Å². The van der Waals surface area contributed by atoms with Crippen LogP contribution in [0.4, 0.5) is 22.0 Å². The lowest BCUT2D eigenvalue weighted by atomic mass is 10.3. The van der Waals surface area contributed by atoms with Crippen molar-refractivity contribution in [2.24, 2.45) is 0 Å². The van der Waals surface area contributed by atoms with E-state index in [1.165, 1.54) is 18.2 Å². The molecule has 1 heterocycles. The Kier molecular flexibility index (Phi) is 4.72. The Morgan fingerprint density at radius 3 is 2.57 bits per heavy atom. The van der Waals surface area contributed by atoms with Crippen LogP contribution in [-0.4, -0.2) is 26.7 Å². The predicted molar refractivity (Wildman–Crippen MR) is 68.1 cm³/mol. The van der Waals surface area contributed by atoms with Crippen LogP contribution in [-0.2, 0) is 0 Å². The number of nitrogens with zero attached hydrogens (tertiary/aromatic N) is 3. The van der Waals surface area contributed by atoms with Crippen molar-refractivity contribution >= 4 is 23.4 Å². The molecule has 0 spiro atoms. The van der Waals surface area contributed by atoms with Crippen molar-refractivity contribution in [2.45, 2.75) is 17.5 Å². The van der Waals surface area contributed by atoms with E-state index >= 15 is 0 Å². The molecular formula is C11H7ClF5N3S. The Balaban J connectivity index is 2.25. The normalized spacial score (nSPS) is 12.1. The summed E-state index contributed by atoms with van der Waals surface area (Å²) in [6.45, 7) is 0. The van der Waals surface area contributed by atoms with E-state index in [2.05, 4.69) is 10.1 Å². The Labute approximate surface area is 125 Å². The van der Waals surface area contributed by atoms with Crippen LogP contribution in [0, 0.1) is 0 Å². The highest BCUT2D eigenvalue weighted by molar-refractivity contribution is 7.99. The fourth-order valence-corrected chi connectivity index (χ4v) is 2.42. The number of rotatable bonds is 4. The van der Waals surface area contributed by atoms with Crippen LogP contribution in [0.5, 0.6) is 0 Å². The number of aromatic nitrogens is 3. The summed E-state index contributed by atoms with van der Waals surface area (Å²) >= 11 is 6.32. The molecule has 0 bridgehead atoms. The quantitative estimate of drug-likeness (QED) is 0.604. The Morgan fingerprint density at radius 2 is 2.00 bits per heavy atom. The van der Waals surface area contributed by atoms with Crippen LogP contribution >= 0.6 is 23.4 Å². The summed E-state index contributed by atoms with van der Waals surface area (Å²) in [5, 5.41) is 3.68. The highest BCUT2D eigenvalue weighted by Gasteiger charge is 2.27. The zero-order valence-corrected chi connectivity index (χ0v) is 11.7. The van der Waals surface area contributed by atoms with Crippen molar-refractivity contribution in [1.29, 1.82) is 0 Å². The zero-order chi connectivity index (χ0) is 15.6. The largest absolute Gasteiger partial charge is 0.398 e. The summed E-state index contributed by atoms with van der Waals surface area (Å²) in [4.78, 5) is 3.59. The lowest BCUT2D eigenvalue weighted by Gasteiger charge is -2.09. The van der Waals surface area contributed by atoms with E-state index < -0.39 is 24.2 Å². The van der Waals surface area contributed by atoms with Crippen LogP contribution < -0.4 is 0 Å². The fraction of sp³-hybridized carbons (Fsp3) is 0.273. The van der Waals surface area contributed by atoms with E-state index in [0.29, 0.717) is 17.4 Å². The summed E-state index contributed by atoms with van der Waals surface area (Å²) < 4.78 is 62.5. The molecule has 0 unspecified atom stereocenters. The van der Waals surface area contributed by atoms with Gasteiger partial charge < -0.3 is 0 Å². The third-order valence-corrected chi connectivity index (χ3v) is 3.84. The van der Waals surface area contributed by atoms with Gasteiger partial charge in [-0.15, -0.1) is 16.9 Å². The smallest absolute Gasteiger partial charge is 0.221 e. The molecule has 0 aliphatic carbocycles. The van der Waals surface area contributed by atoms with Gasteiger partial charge in [0.15, 0.2) is 0 Å². The first-order valence-electron chi connectivity index (χ1n) is 5.45. The number of halogens is 6. The molecule has 2 rings (SSSR count). The number of hydrogen-bond acceptors (Lipinski definition) is 3. The number of benzene rings is 1. The molecule has 21 heavy (non-hydrogen) atoms. The molecule has 0 fully saturated rings. The third-order valence-electron chi connectivity index (χ3n) is 2.28. The lowest BCUT2D eigenvalue weighted by molar-refractivity contribution is -0.105. The molecule has 0 saturated heterocycles. The maximum atomic E-state index is 12.4. The van der Waals surface area contributed by atoms with Crippen LogP contribution in [0.25, 0.3) is 5.69 Å². The first-order valence-corrected chi connectivity index (χ1v) is 6.82. The number of thioether (sulfide) groups is 1. The fourth-order valence-electron chi connectivity index (χ4n) is 1.40. The molecule has 0 amide bonds. The molecule has 0 aliphatic rings. The van der Waals surface area contributed by atoms with Crippen LogP contribution in [0.2, 0.25) is 5.02 Å². The Morgan fingerprint density at radius 1 is 1.29 bits per heavy atom. The van der Waals surface area contributed by atoms with Crippen molar-refractivity contribution in [2.75, 3.05) is 5.75 Å². The molecule has 1 aromatic carbocycles. The standard InChI is InChI=1S/C11H7ClF5N3S/c12-7-2-1-6(3-8(7)21-4-11(15,16)17)20-5-18-10(19-20)9(13)14/h1-3,5,9H,4H2. The van der Waals surface area contributed by atoms with Crippen molar-refractivity contribution in [3.63, 3.8) is 0 Å². The molecule has 2 aromatic rings.